The highest BCUT2D eigenvalue weighted by molar-refractivity contribution is 5.53. The van der Waals surface area contributed by atoms with Crippen LogP contribution in [0, 0.1) is 5.82 Å². The Labute approximate surface area is 152 Å². The molecule has 136 valence electrons. The molecule has 0 amide bonds. The Balaban J connectivity index is 1.72. The third-order valence-electron chi connectivity index (χ3n) is 4.95. The molecule has 1 unspecified atom stereocenters. The number of morpholine rings is 1. The first-order chi connectivity index (χ1) is 12.7. The van der Waals surface area contributed by atoms with Gasteiger partial charge in [-0.15, -0.1) is 0 Å². The lowest BCUT2D eigenvalue weighted by Crippen LogP contribution is -2.38. The number of rotatable bonds is 4. The molecule has 5 heteroatoms. The average Bonchev–Trinajstić information content (AvgIpc) is 2.69. The monoisotopic (exact) mass is 355 g/mol. The summed E-state index contributed by atoms with van der Waals surface area (Å²) < 4.78 is 30.2. The van der Waals surface area contributed by atoms with Gasteiger partial charge >= 0.3 is 0 Å². The van der Waals surface area contributed by atoms with Crippen LogP contribution in [0.4, 0.5) is 4.39 Å². The van der Waals surface area contributed by atoms with Crippen LogP contribution >= 0.6 is 0 Å². The van der Waals surface area contributed by atoms with Gasteiger partial charge in [-0.25, -0.2) is 4.39 Å². The predicted molar refractivity (Wildman–Crippen MR) is 97.2 cm³/mol. The minimum absolute atomic E-state index is 0.0114. The summed E-state index contributed by atoms with van der Waals surface area (Å²) in [5.74, 6) is 1.38. The van der Waals surface area contributed by atoms with E-state index in [-0.39, 0.29) is 11.7 Å². The first-order valence-electron chi connectivity index (χ1n) is 8.83. The van der Waals surface area contributed by atoms with Crippen molar-refractivity contribution in [3.8, 4) is 11.5 Å². The van der Waals surface area contributed by atoms with Gasteiger partial charge in [0, 0.05) is 31.1 Å². The van der Waals surface area contributed by atoms with Gasteiger partial charge in [-0.2, -0.15) is 0 Å². The molecular formula is C21H22FNO3. The van der Waals surface area contributed by atoms with E-state index < -0.39 is 0 Å². The fourth-order valence-corrected chi connectivity index (χ4v) is 3.59. The zero-order valence-electron chi connectivity index (χ0n) is 14.8. The fourth-order valence-electron chi connectivity index (χ4n) is 3.59. The number of hydrogen-bond acceptors (Lipinski definition) is 4. The van der Waals surface area contributed by atoms with Crippen molar-refractivity contribution in [3.63, 3.8) is 0 Å². The lowest BCUT2D eigenvalue weighted by molar-refractivity contribution is 0.0415. The topological polar surface area (TPSA) is 30.9 Å². The van der Waals surface area contributed by atoms with Gasteiger partial charge < -0.3 is 14.2 Å². The quantitative estimate of drug-likeness (QED) is 0.839. The molecule has 0 spiro atoms. The molecule has 4 rings (SSSR count). The molecule has 1 atom stereocenters. The minimum atomic E-state index is -0.231. The molecule has 0 bridgehead atoms. The van der Waals surface area contributed by atoms with E-state index in [4.69, 9.17) is 14.2 Å². The predicted octanol–water partition coefficient (Wildman–Crippen LogP) is 3.57. The van der Waals surface area contributed by atoms with Gasteiger partial charge in [0.05, 0.1) is 26.6 Å². The van der Waals surface area contributed by atoms with Crippen LogP contribution in [0.1, 0.15) is 17.0 Å². The second-order valence-electron chi connectivity index (χ2n) is 6.59. The van der Waals surface area contributed by atoms with E-state index in [2.05, 4.69) is 4.90 Å². The maximum absolute atomic E-state index is 13.5. The molecule has 2 aliphatic heterocycles. The van der Waals surface area contributed by atoms with Gasteiger partial charge in [0.15, 0.2) is 0 Å². The van der Waals surface area contributed by atoms with Crippen LogP contribution in [-0.4, -0.2) is 44.9 Å². The van der Waals surface area contributed by atoms with E-state index in [1.54, 1.807) is 7.11 Å². The highest BCUT2D eigenvalue weighted by atomic mass is 19.1. The maximum atomic E-state index is 13.5. The van der Waals surface area contributed by atoms with E-state index in [1.807, 2.05) is 36.6 Å². The van der Waals surface area contributed by atoms with Crippen molar-refractivity contribution in [2.75, 3.05) is 40.0 Å². The minimum Gasteiger partial charge on any atom is -0.497 e. The number of methoxy groups -OCH3 is 1. The molecule has 4 nitrogen and oxygen atoms in total. The van der Waals surface area contributed by atoms with E-state index in [9.17, 15) is 4.39 Å². The molecule has 0 aliphatic carbocycles. The van der Waals surface area contributed by atoms with Crippen LogP contribution in [0.25, 0.3) is 0 Å². The molecule has 1 saturated heterocycles. The smallest absolute Gasteiger partial charge is 0.130 e. The Hall–Kier alpha value is -2.37. The highest BCUT2D eigenvalue weighted by Gasteiger charge is 2.28. The molecule has 0 N–H and O–H groups in total. The first kappa shape index (κ1) is 17.1. The molecule has 2 aliphatic rings. The van der Waals surface area contributed by atoms with Gasteiger partial charge in [0.1, 0.15) is 17.3 Å². The van der Waals surface area contributed by atoms with E-state index >= 15 is 0 Å². The SMILES string of the molecule is COc1ccc2c(c1)C(c1ccc(F)cc1)C(CN1CCOCC1)=CO2. The lowest BCUT2D eigenvalue weighted by atomic mass is 9.83. The van der Waals surface area contributed by atoms with Crippen LogP contribution in [0.15, 0.2) is 54.3 Å². The molecule has 0 radical (unpaired) electrons. The summed E-state index contributed by atoms with van der Waals surface area (Å²) in [6, 6.07) is 12.5. The molecule has 0 aromatic heterocycles. The van der Waals surface area contributed by atoms with Crippen molar-refractivity contribution >= 4 is 0 Å². The van der Waals surface area contributed by atoms with Gasteiger partial charge in [0.25, 0.3) is 0 Å². The summed E-state index contributed by atoms with van der Waals surface area (Å²) in [6.07, 6.45) is 1.85. The molecule has 26 heavy (non-hydrogen) atoms. The number of benzene rings is 2. The van der Waals surface area contributed by atoms with Crippen LogP contribution in [0.3, 0.4) is 0 Å². The number of ether oxygens (including phenoxy) is 3. The summed E-state index contributed by atoms with van der Waals surface area (Å²) in [7, 11) is 1.66. The van der Waals surface area contributed by atoms with Crippen LogP contribution in [0.5, 0.6) is 11.5 Å². The second-order valence-corrected chi connectivity index (χ2v) is 6.59. The van der Waals surface area contributed by atoms with Crippen molar-refractivity contribution in [1.29, 1.82) is 0 Å². The van der Waals surface area contributed by atoms with Crippen molar-refractivity contribution in [2.45, 2.75) is 5.92 Å². The first-order valence-corrected chi connectivity index (χ1v) is 8.83. The summed E-state index contributed by atoms with van der Waals surface area (Å²) in [5.41, 5.74) is 3.24. The van der Waals surface area contributed by atoms with Gasteiger partial charge in [-0.05, 0) is 41.5 Å². The zero-order valence-corrected chi connectivity index (χ0v) is 14.8. The summed E-state index contributed by atoms with van der Waals surface area (Å²) in [6.45, 7) is 4.10. The Kier molecular flexibility index (Phi) is 4.91. The fraction of sp³-hybridized carbons (Fsp3) is 0.333. The summed E-state index contributed by atoms with van der Waals surface area (Å²) >= 11 is 0. The zero-order chi connectivity index (χ0) is 17.9. The number of fused-ring (bicyclic) bond motifs is 1. The van der Waals surface area contributed by atoms with E-state index in [0.29, 0.717) is 0 Å². The van der Waals surface area contributed by atoms with E-state index in [1.165, 1.54) is 12.1 Å². The largest absolute Gasteiger partial charge is 0.497 e. The van der Waals surface area contributed by atoms with Crippen molar-refractivity contribution in [2.24, 2.45) is 0 Å². The number of halogens is 1. The van der Waals surface area contributed by atoms with Crippen LogP contribution in [-0.2, 0) is 4.74 Å². The third kappa shape index (κ3) is 3.45. The molecule has 0 saturated carbocycles. The second kappa shape index (κ2) is 7.48. The molecule has 2 aromatic rings. The Morgan fingerprint density at radius 1 is 1.12 bits per heavy atom. The van der Waals surface area contributed by atoms with Gasteiger partial charge in [-0.3, -0.25) is 4.90 Å². The van der Waals surface area contributed by atoms with Gasteiger partial charge in [0.2, 0.25) is 0 Å². The normalized spacial score (nSPS) is 20.1. The summed E-state index contributed by atoms with van der Waals surface area (Å²) in [5, 5.41) is 0. The standard InChI is InChI=1S/C21H22FNO3/c1-24-18-6-7-20-19(12-18)21(15-2-4-17(22)5-3-15)16(14-26-20)13-23-8-10-25-11-9-23/h2-7,12,14,21H,8-11,13H2,1H3. The van der Waals surface area contributed by atoms with Crippen LogP contribution < -0.4 is 9.47 Å². The van der Waals surface area contributed by atoms with Crippen molar-refractivity contribution in [1.82, 2.24) is 4.90 Å². The van der Waals surface area contributed by atoms with Crippen molar-refractivity contribution < 1.29 is 18.6 Å². The molecule has 2 aromatic carbocycles. The molecular weight excluding hydrogens is 333 g/mol. The third-order valence-corrected chi connectivity index (χ3v) is 4.95. The lowest BCUT2D eigenvalue weighted by Gasteiger charge is -2.33. The van der Waals surface area contributed by atoms with Gasteiger partial charge in [-0.1, -0.05) is 12.1 Å². The molecule has 2 heterocycles. The average molecular weight is 355 g/mol. The Morgan fingerprint density at radius 2 is 1.88 bits per heavy atom. The number of nitrogens with zero attached hydrogens (tertiary/aromatic N) is 1. The summed E-state index contributed by atoms with van der Waals surface area (Å²) in [4.78, 5) is 2.36. The van der Waals surface area contributed by atoms with Crippen LogP contribution in [0.2, 0.25) is 0 Å². The Bertz CT molecular complexity index is 797. The number of hydrogen-bond donors (Lipinski definition) is 0. The highest BCUT2D eigenvalue weighted by Crippen LogP contribution is 2.42. The Morgan fingerprint density at radius 3 is 2.62 bits per heavy atom. The molecule has 1 fully saturated rings. The van der Waals surface area contributed by atoms with E-state index in [0.717, 1.165) is 61.0 Å². The van der Waals surface area contributed by atoms with Crippen molar-refractivity contribution in [3.05, 3.63) is 71.2 Å². The maximum Gasteiger partial charge on any atom is 0.130 e.